The van der Waals surface area contributed by atoms with Crippen LogP contribution in [0.15, 0.2) is 0 Å². The molecule has 0 aromatic heterocycles. The van der Waals surface area contributed by atoms with E-state index in [0.717, 1.165) is 19.4 Å². The Bertz CT molecular complexity index is 143. The molecule has 4 heteroatoms. The lowest BCUT2D eigenvalue weighted by Gasteiger charge is -2.19. The van der Waals surface area contributed by atoms with E-state index in [1.54, 1.807) is 0 Å². The summed E-state index contributed by atoms with van der Waals surface area (Å²) in [5.74, 6) is 0.615. The van der Waals surface area contributed by atoms with Crippen LogP contribution >= 0.6 is 0 Å². The number of halogens is 2. The molecule has 15 heavy (non-hydrogen) atoms. The van der Waals surface area contributed by atoms with Crippen LogP contribution in [0.5, 0.6) is 0 Å². The third-order valence-corrected chi connectivity index (χ3v) is 2.10. The van der Waals surface area contributed by atoms with Gasteiger partial charge in [-0.25, -0.2) is 8.78 Å². The molecule has 0 aliphatic carbocycles. The Kier molecular flexibility index (Phi) is 8.91. The maximum atomic E-state index is 11.8. The van der Waals surface area contributed by atoms with Crippen LogP contribution in [-0.2, 0) is 4.74 Å². The molecule has 0 saturated carbocycles. The average Bonchev–Trinajstić information content (AvgIpc) is 2.11. The Morgan fingerprint density at radius 3 is 2.40 bits per heavy atom. The number of nitrogens with one attached hydrogen (secondary N) is 1. The molecule has 1 unspecified atom stereocenters. The molecule has 0 aromatic carbocycles. The van der Waals surface area contributed by atoms with E-state index >= 15 is 0 Å². The van der Waals surface area contributed by atoms with Crippen molar-refractivity contribution in [1.82, 2.24) is 5.32 Å². The second-order valence-electron chi connectivity index (χ2n) is 4.14. The van der Waals surface area contributed by atoms with Crippen molar-refractivity contribution in [3.63, 3.8) is 0 Å². The monoisotopic (exact) mass is 223 g/mol. The SMILES string of the molecule is CCNC(CCOCC(F)F)CC(C)C. The van der Waals surface area contributed by atoms with E-state index < -0.39 is 13.0 Å². The van der Waals surface area contributed by atoms with Crippen molar-refractivity contribution in [2.75, 3.05) is 19.8 Å². The highest BCUT2D eigenvalue weighted by Gasteiger charge is 2.10. The molecule has 0 aliphatic heterocycles. The summed E-state index contributed by atoms with van der Waals surface area (Å²) in [5.41, 5.74) is 0. The van der Waals surface area contributed by atoms with Gasteiger partial charge in [0.2, 0.25) is 0 Å². The van der Waals surface area contributed by atoms with E-state index in [1.165, 1.54) is 0 Å². The van der Waals surface area contributed by atoms with Gasteiger partial charge in [0.25, 0.3) is 6.43 Å². The van der Waals surface area contributed by atoms with E-state index in [1.807, 2.05) is 6.92 Å². The van der Waals surface area contributed by atoms with Gasteiger partial charge in [0.15, 0.2) is 0 Å². The van der Waals surface area contributed by atoms with Gasteiger partial charge in [-0.3, -0.25) is 0 Å². The van der Waals surface area contributed by atoms with Crippen molar-refractivity contribution < 1.29 is 13.5 Å². The van der Waals surface area contributed by atoms with Gasteiger partial charge in [0.05, 0.1) is 0 Å². The van der Waals surface area contributed by atoms with Gasteiger partial charge < -0.3 is 10.1 Å². The van der Waals surface area contributed by atoms with Crippen LogP contribution in [0, 0.1) is 5.92 Å². The topological polar surface area (TPSA) is 21.3 Å². The Morgan fingerprint density at radius 2 is 1.93 bits per heavy atom. The van der Waals surface area contributed by atoms with E-state index in [9.17, 15) is 8.78 Å². The zero-order valence-corrected chi connectivity index (χ0v) is 9.93. The molecule has 0 amide bonds. The van der Waals surface area contributed by atoms with E-state index in [-0.39, 0.29) is 0 Å². The van der Waals surface area contributed by atoms with Gasteiger partial charge in [-0.15, -0.1) is 0 Å². The van der Waals surface area contributed by atoms with Crippen molar-refractivity contribution in [3.8, 4) is 0 Å². The van der Waals surface area contributed by atoms with Crippen molar-refractivity contribution >= 4 is 0 Å². The standard InChI is InChI=1S/C11H23F2NO/c1-4-14-10(7-9(2)3)5-6-15-8-11(12)13/h9-11,14H,4-8H2,1-3H3. The highest BCUT2D eigenvalue weighted by Crippen LogP contribution is 2.08. The molecule has 1 N–H and O–H groups in total. The van der Waals surface area contributed by atoms with Crippen LogP contribution in [0.25, 0.3) is 0 Å². The number of hydrogen-bond acceptors (Lipinski definition) is 2. The molecule has 0 radical (unpaired) electrons. The average molecular weight is 223 g/mol. The zero-order valence-electron chi connectivity index (χ0n) is 9.93. The Balaban J connectivity index is 3.56. The third kappa shape index (κ3) is 10.1. The molecule has 0 bridgehead atoms. The fraction of sp³-hybridized carbons (Fsp3) is 1.00. The van der Waals surface area contributed by atoms with E-state index in [4.69, 9.17) is 4.74 Å². The number of hydrogen-bond donors (Lipinski definition) is 1. The van der Waals surface area contributed by atoms with Crippen LogP contribution < -0.4 is 5.32 Å². The van der Waals surface area contributed by atoms with Crippen LogP contribution in [0.1, 0.15) is 33.6 Å². The Morgan fingerprint density at radius 1 is 1.27 bits per heavy atom. The fourth-order valence-corrected chi connectivity index (χ4v) is 1.56. The van der Waals surface area contributed by atoms with Crippen molar-refractivity contribution in [3.05, 3.63) is 0 Å². The second-order valence-corrected chi connectivity index (χ2v) is 4.14. The largest absolute Gasteiger partial charge is 0.375 e. The highest BCUT2D eigenvalue weighted by atomic mass is 19.3. The number of ether oxygens (including phenoxy) is 1. The molecule has 0 aliphatic rings. The van der Waals surface area contributed by atoms with Crippen LogP contribution in [-0.4, -0.2) is 32.2 Å². The first-order valence-corrected chi connectivity index (χ1v) is 5.65. The molecular formula is C11H23F2NO. The van der Waals surface area contributed by atoms with Gasteiger partial charge in [-0.05, 0) is 25.3 Å². The van der Waals surface area contributed by atoms with E-state index in [2.05, 4.69) is 19.2 Å². The molecule has 0 saturated heterocycles. The Hall–Kier alpha value is -0.220. The van der Waals surface area contributed by atoms with Gasteiger partial charge in [0, 0.05) is 12.6 Å². The summed E-state index contributed by atoms with van der Waals surface area (Å²) in [6.45, 7) is 7.24. The summed E-state index contributed by atoms with van der Waals surface area (Å²) in [7, 11) is 0. The lowest BCUT2D eigenvalue weighted by atomic mass is 10.0. The quantitative estimate of drug-likeness (QED) is 0.607. The summed E-state index contributed by atoms with van der Waals surface area (Å²) in [5, 5.41) is 3.33. The smallest absolute Gasteiger partial charge is 0.261 e. The summed E-state index contributed by atoms with van der Waals surface area (Å²) < 4.78 is 28.4. The molecule has 0 spiro atoms. The molecule has 1 atom stereocenters. The molecule has 0 aromatic rings. The predicted molar refractivity (Wildman–Crippen MR) is 58.4 cm³/mol. The molecule has 0 fully saturated rings. The minimum atomic E-state index is -2.35. The van der Waals surface area contributed by atoms with Gasteiger partial charge in [-0.2, -0.15) is 0 Å². The first-order chi connectivity index (χ1) is 7.06. The first-order valence-electron chi connectivity index (χ1n) is 5.65. The lowest BCUT2D eigenvalue weighted by molar-refractivity contribution is 0.0139. The van der Waals surface area contributed by atoms with Crippen molar-refractivity contribution in [2.24, 2.45) is 5.92 Å². The van der Waals surface area contributed by atoms with Crippen LogP contribution in [0.4, 0.5) is 8.78 Å². The lowest BCUT2D eigenvalue weighted by Crippen LogP contribution is -2.31. The maximum Gasteiger partial charge on any atom is 0.261 e. The number of alkyl halides is 2. The predicted octanol–water partition coefficient (Wildman–Crippen LogP) is 2.68. The normalized spacial score (nSPS) is 13.8. The summed E-state index contributed by atoms with van der Waals surface area (Å²) in [4.78, 5) is 0. The minimum Gasteiger partial charge on any atom is -0.375 e. The second kappa shape index (κ2) is 9.04. The number of rotatable bonds is 9. The summed E-state index contributed by atoms with van der Waals surface area (Å²) >= 11 is 0. The summed E-state index contributed by atoms with van der Waals surface area (Å²) in [6, 6.07) is 0.382. The van der Waals surface area contributed by atoms with Gasteiger partial charge in [-0.1, -0.05) is 20.8 Å². The molecule has 0 heterocycles. The van der Waals surface area contributed by atoms with Crippen LogP contribution in [0.2, 0.25) is 0 Å². The van der Waals surface area contributed by atoms with Crippen LogP contribution in [0.3, 0.4) is 0 Å². The van der Waals surface area contributed by atoms with Crippen molar-refractivity contribution in [2.45, 2.75) is 46.1 Å². The van der Waals surface area contributed by atoms with Gasteiger partial charge in [0.1, 0.15) is 6.61 Å². The van der Waals surface area contributed by atoms with Crippen molar-refractivity contribution in [1.29, 1.82) is 0 Å². The first kappa shape index (κ1) is 14.8. The molecule has 92 valence electrons. The molecular weight excluding hydrogens is 200 g/mol. The Labute approximate surface area is 91.4 Å². The fourth-order valence-electron chi connectivity index (χ4n) is 1.56. The zero-order chi connectivity index (χ0) is 11.7. The highest BCUT2D eigenvalue weighted by molar-refractivity contribution is 4.67. The third-order valence-electron chi connectivity index (χ3n) is 2.10. The molecule has 2 nitrogen and oxygen atoms in total. The minimum absolute atomic E-state index is 0.382. The molecule has 0 rings (SSSR count). The maximum absolute atomic E-state index is 11.8. The summed E-state index contributed by atoms with van der Waals surface area (Å²) in [6.07, 6.45) is -0.488. The van der Waals surface area contributed by atoms with E-state index in [0.29, 0.717) is 18.6 Å². The van der Waals surface area contributed by atoms with Gasteiger partial charge >= 0.3 is 0 Å².